The van der Waals surface area contributed by atoms with Crippen LogP contribution in [0.25, 0.3) is 0 Å². The standard InChI is InChI=1S/C25H34N2O6S/c1-19(33-22-7-5-20(6-8-22)25(2,3)4)24(28)26-13-16-32-21-9-11-23(12-10-21)34(29,30)27-14-17-31-18-15-27/h5-12,19H,13-18H2,1-4H3,(H,26,28). The topological polar surface area (TPSA) is 94.2 Å². The van der Waals surface area contributed by atoms with Gasteiger partial charge in [-0.15, -0.1) is 0 Å². The Morgan fingerprint density at radius 3 is 2.21 bits per heavy atom. The first-order valence-corrected chi connectivity index (χ1v) is 12.9. The van der Waals surface area contributed by atoms with Crippen LogP contribution in [0.2, 0.25) is 0 Å². The zero-order valence-corrected chi connectivity index (χ0v) is 21.1. The van der Waals surface area contributed by atoms with Crippen molar-refractivity contribution >= 4 is 15.9 Å². The van der Waals surface area contributed by atoms with Crippen molar-refractivity contribution in [2.24, 2.45) is 0 Å². The van der Waals surface area contributed by atoms with Crippen molar-refractivity contribution in [1.82, 2.24) is 9.62 Å². The molecule has 1 atom stereocenters. The Bertz CT molecular complexity index is 1040. The Hall–Kier alpha value is -2.62. The fourth-order valence-corrected chi connectivity index (χ4v) is 4.83. The molecule has 8 nitrogen and oxygen atoms in total. The molecule has 1 saturated heterocycles. The van der Waals surface area contributed by atoms with Gasteiger partial charge in [0, 0.05) is 13.1 Å². The van der Waals surface area contributed by atoms with Crippen LogP contribution < -0.4 is 14.8 Å². The lowest BCUT2D eigenvalue weighted by molar-refractivity contribution is -0.127. The summed E-state index contributed by atoms with van der Waals surface area (Å²) in [7, 11) is -3.53. The molecule has 1 heterocycles. The van der Waals surface area contributed by atoms with Gasteiger partial charge in [-0.1, -0.05) is 32.9 Å². The number of nitrogens with zero attached hydrogens (tertiary/aromatic N) is 1. The lowest BCUT2D eigenvalue weighted by Crippen LogP contribution is -2.40. The molecule has 1 unspecified atom stereocenters. The smallest absolute Gasteiger partial charge is 0.260 e. The van der Waals surface area contributed by atoms with Crippen LogP contribution in [0.3, 0.4) is 0 Å². The fraction of sp³-hybridized carbons (Fsp3) is 0.480. The molecule has 1 amide bonds. The maximum absolute atomic E-state index is 12.7. The van der Waals surface area contributed by atoms with E-state index in [2.05, 4.69) is 26.1 Å². The molecule has 0 spiro atoms. The van der Waals surface area contributed by atoms with Crippen LogP contribution in [-0.2, 0) is 25.0 Å². The van der Waals surface area contributed by atoms with Crippen LogP contribution in [0.1, 0.15) is 33.3 Å². The third-order valence-corrected chi connectivity index (χ3v) is 7.42. The predicted octanol–water partition coefficient (Wildman–Crippen LogP) is 2.97. The van der Waals surface area contributed by atoms with Crippen molar-refractivity contribution in [3.05, 3.63) is 54.1 Å². The van der Waals surface area contributed by atoms with Gasteiger partial charge in [-0.05, 0) is 54.3 Å². The minimum Gasteiger partial charge on any atom is -0.492 e. The number of morpholine rings is 1. The molecule has 1 fully saturated rings. The van der Waals surface area contributed by atoms with Crippen LogP contribution in [0, 0.1) is 0 Å². The molecule has 186 valence electrons. The highest BCUT2D eigenvalue weighted by Crippen LogP contribution is 2.25. The van der Waals surface area contributed by atoms with E-state index in [1.807, 2.05) is 24.3 Å². The molecule has 2 aromatic rings. The van der Waals surface area contributed by atoms with Crippen molar-refractivity contribution in [1.29, 1.82) is 0 Å². The van der Waals surface area contributed by atoms with Crippen LogP contribution in [-0.4, -0.2) is 64.2 Å². The summed E-state index contributed by atoms with van der Waals surface area (Å²) >= 11 is 0. The van der Waals surface area contributed by atoms with Crippen molar-refractivity contribution in [3.63, 3.8) is 0 Å². The Morgan fingerprint density at radius 1 is 1.03 bits per heavy atom. The maximum Gasteiger partial charge on any atom is 0.260 e. The third-order valence-electron chi connectivity index (χ3n) is 5.50. The Balaban J connectivity index is 1.42. The quantitative estimate of drug-likeness (QED) is 0.543. The predicted molar refractivity (Wildman–Crippen MR) is 130 cm³/mol. The summed E-state index contributed by atoms with van der Waals surface area (Å²) in [6, 6.07) is 14.0. The van der Waals surface area contributed by atoms with E-state index in [1.165, 1.54) is 22.0 Å². The molecule has 1 aliphatic rings. The van der Waals surface area contributed by atoms with Gasteiger partial charge in [-0.25, -0.2) is 8.42 Å². The van der Waals surface area contributed by atoms with Gasteiger partial charge >= 0.3 is 0 Å². The van der Waals surface area contributed by atoms with Crippen LogP contribution in [0.5, 0.6) is 11.5 Å². The van der Waals surface area contributed by atoms with Gasteiger partial charge in [0.05, 0.1) is 24.7 Å². The molecular formula is C25H34N2O6S. The first-order valence-electron chi connectivity index (χ1n) is 11.4. The van der Waals surface area contributed by atoms with E-state index < -0.39 is 16.1 Å². The molecule has 0 radical (unpaired) electrons. The van der Waals surface area contributed by atoms with Crippen LogP contribution in [0.4, 0.5) is 0 Å². The number of amides is 1. The average Bonchev–Trinajstić information content (AvgIpc) is 2.82. The van der Waals surface area contributed by atoms with E-state index in [4.69, 9.17) is 14.2 Å². The van der Waals surface area contributed by atoms with Gasteiger partial charge in [0.2, 0.25) is 10.0 Å². The minimum atomic E-state index is -3.53. The Kier molecular flexibility index (Phi) is 8.57. The SMILES string of the molecule is CC(Oc1ccc(C(C)(C)C)cc1)C(=O)NCCOc1ccc(S(=O)(=O)N2CCOCC2)cc1. The van der Waals surface area contributed by atoms with Gasteiger partial charge in [0.25, 0.3) is 5.91 Å². The number of sulfonamides is 1. The van der Waals surface area contributed by atoms with E-state index in [0.717, 1.165) is 0 Å². The number of hydrogen-bond acceptors (Lipinski definition) is 6. The Labute approximate surface area is 202 Å². The molecule has 0 saturated carbocycles. The maximum atomic E-state index is 12.7. The molecule has 0 aromatic heterocycles. The van der Waals surface area contributed by atoms with Crippen molar-refractivity contribution in [3.8, 4) is 11.5 Å². The fourth-order valence-electron chi connectivity index (χ4n) is 3.42. The molecule has 1 N–H and O–H groups in total. The molecule has 0 bridgehead atoms. The first-order chi connectivity index (χ1) is 16.1. The summed E-state index contributed by atoms with van der Waals surface area (Å²) in [6.45, 7) is 10.2. The summed E-state index contributed by atoms with van der Waals surface area (Å²) in [5, 5.41) is 2.78. The number of benzene rings is 2. The van der Waals surface area contributed by atoms with Gasteiger partial charge in [-0.2, -0.15) is 4.31 Å². The van der Waals surface area contributed by atoms with Crippen molar-refractivity contribution in [2.45, 2.75) is 44.1 Å². The van der Waals surface area contributed by atoms with E-state index in [1.54, 1.807) is 19.1 Å². The van der Waals surface area contributed by atoms with Crippen LogP contribution >= 0.6 is 0 Å². The van der Waals surface area contributed by atoms with E-state index in [0.29, 0.717) is 44.3 Å². The normalized spacial score (nSPS) is 16.0. The number of carbonyl (C=O) groups excluding carboxylic acids is 1. The highest BCUT2D eigenvalue weighted by Gasteiger charge is 2.26. The molecule has 34 heavy (non-hydrogen) atoms. The van der Waals surface area contributed by atoms with E-state index in [-0.39, 0.29) is 22.8 Å². The number of nitrogens with one attached hydrogen (secondary N) is 1. The zero-order chi connectivity index (χ0) is 24.8. The number of carbonyl (C=O) groups is 1. The second kappa shape index (κ2) is 11.2. The third kappa shape index (κ3) is 6.94. The summed E-state index contributed by atoms with van der Waals surface area (Å²) < 4.78 is 43.3. The largest absolute Gasteiger partial charge is 0.492 e. The lowest BCUT2D eigenvalue weighted by Gasteiger charge is -2.26. The van der Waals surface area contributed by atoms with Gasteiger partial charge < -0.3 is 19.5 Å². The van der Waals surface area contributed by atoms with E-state index >= 15 is 0 Å². The molecule has 2 aromatic carbocycles. The number of rotatable bonds is 9. The summed E-state index contributed by atoms with van der Waals surface area (Å²) in [4.78, 5) is 12.5. The van der Waals surface area contributed by atoms with Crippen LogP contribution in [0.15, 0.2) is 53.4 Å². The van der Waals surface area contributed by atoms with E-state index in [9.17, 15) is 13.2 Å². The second-order valence-electron chi connectivity index (χ2n) is 9.16. The molecular weight excluding hydrogens is 456 g/mol. The average molecular weight is 491 g/mol. The number of hydrogen-bond donors (Lipinski definition) is 1. The first kappa shape index (κ1) is 26.0. The van der Waals surface area contributed by atoms with Crippen molar-refractivity contribution < 1.29 is 27.4 Å². The Morgan fingerprint density at radius 2 is 1.62 bits per heavy atom. The molecule has 3 rings (SSSR count). The van der Waals surface area contributed by atoms with Crippen molar-refractivity contribution in [2.75, 3.05) is 39.5 Å². The van der Waals surface area contributed by atoms with Gasteiger partial charge in [0.1, 0.15) is 18.1 Å². The molecule has 9 heteroatoms. The summed E-state index contributed by atoms with van der Waals surface area (Å²) in [5.41, 5.74) is 1.25. The summed E-state index contributed by atoms with van der Waals surface area (Å²) in [5.74, 6) is 0.924. The van der Waals surface area contributed by atoms with Gasteiger partial charge in [0.15, 0.2) is 6.10 Å². The lowest BCUT2D eigenvalue weighted by atomic mass is 9.87. The monoisotopic (exact) mass is 490 g/mol. The minimum absolute atomic E-state index is 0.0544. The number of ether oxygens (including phenoxy) is 3. The second-order valence-corrected chi connectivity index (χ2v) is 11.1. The highest BCUT2D eigenvalue weighted by molar-refractivity contribution is 7.89. The zero-order valence-electron chi connectivity index (χ0n) is 20.2. The molecule has 0 aliphatic carbocycles. The summed E-state index contributed by atoms with van der Waals surface area (Å²) in [6.07, 6.45) is -0.648. The highest BCUT2D eigenvalue weighted by atomic mass is 32.2. The molecule has 1 aliphatic heterocycles. The van der Waals surface area contributed by atoms with Gasteiger partial charge in [-0.3, -0.25) is 4.79 Å².